The van der Waals surface area contributed by atoms with Crippen LogP contribution in [0.2, 0.25) is 0 Å². The Hall–Kier alpha value is -2.51. The van der Waals surface area contributed by atoms with Gasteiger partial charge in [0.1, 0.15) is 6.54 Å². The van der Waals surface area contributed by atoms with Gasteiger partial charge in [0.25, 0.3) is 0 Å². The number of ether oxygens (including phenoxy) is 1. The Morgan fingerprint density at radius 2 is 2.12 bits per heavy atom. The highest BCUT2D eigenvalue weighted by molar-refractivity contribution is 7.13. The van der Waals surface area contributed by atoms with Gasteiger partial charge in [0, 0.05) is 31.3 Å². The number of carbonyl (C=O) groups excluding carboxylic acids is 2. The summed E-state index contributed by atoms with van der Waals surface area (Å²) in [7, 11) is 1.55. The summed E-state index contributed by atoms with van der Waals surface area (Å²) in [4.78, 5) is 29.8. The summed E-state index contributed by atoms with van der Waals surface area (Å²) in [5, 5.41) is 4.95. The van der Waals surface area contributed by atoms with Crippen molar-refractivity contribution in [3.63, 3.8) is 0 Å². The van der Waals surface area contributed by atoms with E-state index >= 15 is 0 Å². The first-order valence-corrected chi connectivity index (χ1v) is 8.27. The van der Waals surface area contributed by atoms with E-state index in [-0.39, 0.29) is 18.4 Å². The van der Waals surface area contributed by atoms with E-state index in [1.165, 1.54) is 22.3 Å². The minimum Gasteiger partial charge on any atom is -0.383 e. The third kappa shape index (κ3) is 5.94. The van der Waals surface area contributed by atoms with Crippen LogP contribution in [0, 0.1) is 0 Å². The molecule has 0 bridgehead atoms. The van der Waals surface area contributed by atoms with Gasteiger partial charge in [0.05, 0.1) is 6.61 Å². The fraction of sp³-hybridized carbons (Fsp3) is 0.235. The maximum absolute atomic E-state index is 12.4. The maximum Gasteiger partial charge on any atom is 0.247 e. The standard InChI is InChI=1S/C17H19N3O3S/c1-23-11-10-20(13-15(21)19-17-18-9-12-24-17)16(22)8-7-14-5-3-2-4-6-14/h2-9,12H,10-11,13H2,1H3,(H,18,19,21)/b8-7+. The summed E-state index contributed by atoms with van der Waals surface area (Å²) < 4.78 is 5.01. The molecule has 0 aliphatic heterocycles. The largest absolute Gasteiger partial charge is 0.383 e. The molecular weight excluding hydrogens is 326 g/mol. The molecule has 2 amide bonds. The second kappa shape index (κ2) is 9.59. The van der Waals surface area contributed by atoms with Gasteiger partial charge < -0.3 is 15.0 Å². The predicted molar refractivity (Wildman–Crippen MR) is 94.7 cm³/mol. The van der Waals surface area contributed by atoms with Crippen LogP contribution in [0.5, 0.6) is 0 Å². The second-order valence-corrected chi connectivity index (χ2v) is 5.78. The number of hydrogen-bond acceptors (Lipinski definition) is 5. The lowest BCUT2D eigenvalue weighted by Gasteiger charge is -2.20. The lowest BCUT2D eigenvalue weighted by molar-refractivity contribution is -0.131. The molecule has 0 unspecified atom stereocenters. The minimum absolute atomic E-state index is 0.0547. The van der Waals surface area contributed by atoms with Crippen molar-refractivity contribution in [3.8, 4) is 0 Å². The number of rotatable bonds is 8. The molecule has 7 heteroatoms. The number of anilines is 1. The molecule has 0 aliphatic carbocycles. The second-order valence-electron chi connectivity index (χ2n) is 4.88. The van der Waals surface area contributed by atoms with E-state index in [1.54, 1.807) is 24.8 Å². The first-order valence-electron chi connectivity index (χ1n) is 7.39. The smallest absolute Gasteiger partial charge is 0.247 e. The van der Waals surface area contributed by atoms with E-state index < -0.39 is 0 Å². The Kier molecular flexibility index (Phi) is 7.13. The number of nitrogens with one attached hydrogen (secondary N) is 1. The molecule has 126 valence electrons. The van der Waals surface area contributed by atoms with Gasteiger partial charge >= 0.3 is 0 Å². The molecule has 2 rings (SSSR count). The molecule has 0 saturated carbocycles. The number of carbonyl (C=O) groups is 2. The molecule has 24 heavy (non-hydrogen) atoms. The topological polar surface area (TPSA) is 71.5 Å². The predicted octanol–water partition coefficient (Wildman–Crippen LogP) is 2.27. The van der Waals surface area contributed by atoms with Crippen molar-refractivity contribution in [1.29, 1.82) is 0 Å². The van der Waals surface area contributed by atoms with Crippen molar-refractivity contribution in [2.75, 3.05) is 32.1 Å². The van der Waals surface area contributed by atoms with Crippen LogP contribution in [0.15, 0.2) is 48.0 Å². The Morgan fingerprint density at radius 1 is 1.33 bits per heavy atom. The lowest BCUT2D eigenvalue weighted by atomic mass is 10.2. The molecule has 1 heterocycles. The number of hydrogen-bond donors (Lipinski definition) is 1. The van der Waals surface area contributed by atoms with Gasteiger partial charge in [-0.05, 0) is 11.6 Å². The molecule has 6 nitrogen and oxygen atoms in total. The van der Waals surface area contributed by atoms with Crippen LogP contribution in [0.1, 0.15) is 5.56 Å². The van der Waals surface area contributed by atoms with E-state index in [1.807, 2.05) is 30.3 Å². The van der Waals surface area contributed by atoms with Crippen molar-refractivity contribution >= 4 is 34.4 Å². The van der Waals surface area contributed by atoms with Gasteiger partial charge in [-0.3, -0.25) is 9.59 Å². The Bertz CT molecular complexity index is 672. The highest BCUT2D eigenvalue weighted by Gasteiger charge is 2.15. The Balaban J connectivity index is 1.96. The average molecular weight is 345 g/mol. The SMILES string of the molecule is COCCN(CC(=O)Nc1nccs1)C(=O)/C=C/c1ccccc1. The first-order chi connectivity index (χ1) is 11.7. The van der Waals surface area contributed by atoms with E-state index in [2.05, 4.69) is 10.3 Å². The van der Waals surface area contributed by atoms with Gasteiger partial charge in [0.15, 0.2) is 5.13 Å². The van der Waals surface area contributed by atoms with Crippen LogP contribution in [0.25, 0.3) is 6.08 Å². The number of aromatic nitrogens is 1. The van der Waals surface area contributed by atoms with Crippen LogP contribution < -0.4 is 5.32 Å². The molecule has 0 spiro atoms. The van der Waals surface area contributed by atoms with Gasteiger partial charge in [-0.15, -0.1) is 11.3 Å². The van der Waals surface area contributed by atoms with Crippen molar-refractivity contribution in [1.82, 2.24) is 9.88 Å². The van der Waals surface area contributed by atoms with E-state index in [0.717, 1.165) is 5.56 Å². The summed E-state index contributed by atoms with van der Waals surface area (Å²) in [6, 6.07) is 9.51. The third-order valence-electron chi connectivity index (χ3n) is 3.11. The van der Waals surface area contributed by atoms with Crippen LogP contribution in [-0.4, -0.2) is 48.5 Å². The van der Waals surface area contributed by atoms with Crippen molar-refractivity contribution in [2.24, 2.45) is 0 Å². The first kappa shape index (κ1) is 17.8. The summed E-state index contributed by atoms with van der Waals surface area (Å²) in [6.45, 7) is 0.635. The fourth-order valence-electron chi connectivity index (χ4n) is 1.92. The van der Waals surface area contributed by atoms with Gasteiger partial charge in [0.2, 0.25) is 11.8 Å². The number of methoxy groups -OCH3 is 1. The molecule has 1 aromatic heterocycles. The summed E-state index contributed by atoms with van der Waals surface area (Å²) >= 11 is 1.33. The van der Waals surface area contributed by atoms with E-state index in [0.29, 0.717) is 18.3 Å². The van der Waals surface area contributed by atoms with Crippen LogP contribution >= 0.6 is 11.3 Å². The number of amides is 2. The molecule has 0 atom stereocenters. The van der Waals surface area contributed by atoms with Crippen LogP contribution in [-0.2, 0) is 14.3 Å². The lowest BCUT2D eigenvalue weighted by Crippen LogP contribution is -2.39. The highest BCUT2D eigenvalue weighted by atomic mass is 32.1. The highest BCUT2D eigenvalue weighted by Crippen LogP contribution is 2.10. The Labute approximate surface area is 144 Å². The molecule has 2 aromatic rings. The van der Waals surface area contributed by atoms with Crippen LogP contribution in [0.4, 0.5) is 5.13 Å². The third-order valence-corrected chi connectivity index (χ3v) is 3.80. The summed E-state index contributed by atoms with van der Waals surface area (Å²) in [5.41, 5.74) is 0.921. The zero-order chi connectivity index (χ0) is 17.2. The minimum atomic E-state index is -0.289. The normalized spacial score (nSPS) is 10.7. The zero-order valence-electron chi connectivity index (χ0n) is 13.3. The number of benzene rings is 1. The zero-order valence-corrected chi connectivity index (χ0v) is 14.2. The molecule has 1 N–H and O–H groups in total. The monoisotopic (exact) mass is 345 g/mol. The van der Waals surface area contributed by atoms with E-state index in [9.17, 15) is 9.59 Å². The molecule has 1 aromatic carbocycles. The van der Waals surface area contributed by atoms with Gasteiger partial charge in [-0.1, -0.05) is 30.3 Å². The van der Waals surface area contributed by atoms with Crippen molar-refractivity contribution in [3.05, 3.63) is 53.5 Å². The van der Waals surface area contributed by atoms with Gasteiger partial charge in [-0.25, -0.2) is 4.98 Å². The average Bonchev–Trinajstić information content (AvgIpc) is 3.10. The fourth-order valence-corrected chi connectivity index (χ4v) is 2.47. The number of nitrogens with zero attached hydrogens (tertiary/aromatic N) is 2. The Morgan fingerprint density at radius 3 is 2.79 bits per heavy atom. The maximum atomic E-state index is 12.4. The van der Waals surface area contributed by atoms with E-state index in [4.69, 9.17) is 4.74 Å². The van der Waals surface area contributed by atoms with Crippen molar-refractivity contribution < 1.29 is 14.3 Å². The summed E-state index contributed by atoms with van der Waals surface area (Å²) in [6.07, 6.45) is 4.79. The molecule has 0 saturated heterocycles. The summed E-state index contributed by atoms with van der Waals surface area (Å²) in [5.74, 6) is -0.535. The van der Waals surface area contributed by atoms with Crippen molar-refractivity contribution in [2.45, 2.75) is 0 Å². The molecule has 0 aliphatic rings. The molecule has 0 radical (unpaired) electrons. The quantitative estimate of drug-likeness (QED) is 0.745. The molecule has 0 fully saturated rings. The molecular formula is C17H19N3O3S. The number of thiazole rings is 1. The van der Waals surface area contributed by atoms with Gasteiger partial charge in [-0.2, -0.15) is 0 Å². The van der Waals surface area contributed by atoms with Crippen LogP contribution in [0.3, 0.4) is 0 Å².